The number of nitrogens with two attached hydrogens (primary N) is 1. The lowest BCUT2D eigenvalue weighted by atomic mass is 10.1. The predicted molar refractivity (Wildman–Crippen MR) is 76.1 cm³/mol. The summed E-state index contributed by atoms with van der Waals surface area (Å²) < 4.78 is 0. The molecule has 0 amide bonds. The number of aliphatic hydroxyl groups is 1. The third-order valence-corrected chi connectivity index (χ3v) is 2.96. The third kappa shape index (κ3) is 2.81. The van der Waals surface area contributed by atoms with Crippen molar-refractivity contribution in [1.29, 1.82) is 0 Å². The molecule has 0 aliphatic heterocycles. The summed E-state index contributed by atoms with van der Waals surface area (Å²) in [6.07, 6.45) is 0.643. The van der Waals surface area contributed by atoms with E-state index in [1.54, 1.807) is 0 Å². The number of nitrogen functional groups attached to an aromatic ring is 1. The number of rotatable bonds is 4. The Morgan fingerprint density at radius 1 is 1.17 bits per heavy atom. The third-order valence-electron chi connectivity index (χ3n) is 2.96. The van der Waals surface area contributed by atoms with Crippen LogP contribution in [0.3, 0.4) is 0 Å². The molecule has 0 fully saturated rings. The van der Waals surface area contributed by atoms with E-state index in [2.05, 4.69) is 5.32 Å². The van der Waals surface area contributed by atoms with Crippen LogP contribution in [0.5, 0.6) is 0 Å². The molecule has 0 spiro atoms. The second-order valence-electron chi connectivity index (χ2n) is 4.33. The molecule has 2 aromatic carbocycles. The number of aliphatic hydroxyl groups excluding tert-OH is 1. The second kappa shape index (κ2) is 5.56. The molecule has 0 aromatic heterocycles. The molecule has 0 aliphatic carbocycles. The van der Waals surface area contributed by atoms with E-state index < -0.39 is 0 Å². The van der Waals surface area contributed by atoms with Crippen LogP contribution in [-0.4, -0.2) is 11.7 Å². The molecule has 0 aliphatic rings. The van der Waals surface area contributed by atoms with E-state index in [1.165, 1.54) is 0 Å². The molecule has 0 atom stereocenters. The summed E-state index contributed by atoms with van der Waals surface area (Å²) in [6, 6.07) is 13.9. The standard InChI is InChI=1S/C15H18N2O/c1-11-6-7-13(10-14(11)16)17-15-5-3-2-4-12(15)8-9-18/h2-7,10,17-18H,8-9,16H2,1H3. The average Bonchev–Trinajstić information content (AvgIpc) is 2.37. The fourth-order valence-electron chi connectivity index (χ4n) is 1.85. The molecule has 3 nitrogen and oxygen atoms in total. The summed E-state index contributed by atoms with van der Waals surface area (Å²) in [5.41, 5.74) is 10.8. The van der Waals surface area contributed by atoms with Gasteiger partial charge in [0.25, 0.3) is 0 Å². The predicted octanol–water partition coefficient (Wildman–Crippen LogP) is 2.86. The van der Waals surface area contributed by atoms with Gasteiger partial charge in [0.1, 0.15) is 0 Å². The zero-order valence-corrected chi connectivity index (χ0v) is 10.5. The number of benzene rings is 2. The second-order valence-corrected chi connectivity index (χ2v) is 4.33. The van der Waals surface area contributed by atoms with Gasteiger partial charge < -0.3 is 16.2 Å². The van der Waals surface area contributed by atoms with E-state index in [9.17, 15) is 0 Å². The van der Waals surface area contributed by atoms with Gasteiger partial charge in [0.15, 0.2) is 0 Å². The maximum absolute atomic E-state index is 9.04. The Morgan fingerprint density at radius 3 is 2.67 bits per heavy atom. The minimum atomic E-state index is 0.148. The van der Waals surface area contributed by atoms with Gasteiger partial charge in [-0.3, -0.25) is 0 Å². The SMILES string of the molecule is Cc1ccc(Nc2ccccc2CCO)cc1N. The Morgan fingerprint density at radius 2 is 1.94 bits per heavy atom. The van der Waals surface area contributed by atoms with E-state index in [0.29, 0.717) is 6.42 Å². The highest BCUT2D eigenvalue weighted by Crippen LogP contribution is 2.24. The van der Waals surface area contributed by atoms with E-state index in [4.69, 9.17) is 10.8 Å². The van der Waals surface area contributed by atoms with E-state index >= 15 is 0 Å². The molecular formula is C15H18N2O. The van der Waals surface area contributed by atoms with Gasteiger partial charge in [0, 0.05) is 23.7 Å². The van der Waals surface area contributed by atoms with Gasteiger partial charge in [-0.2, -0.15) is 0 Å². The van der Waals surface area contributed by atoms with Crippen molar-refractivity contribution in [2.24, 2.45) is 0 Å². The first kappa shape index (κ1) is 12.5. The number of hydrogen-bond donors (Lipinski definition) is 3. The van der Waals surface area contributed by atoms with Gasteiger partial charge in [-0.1, -0.05) is 24.3 Å². The average molecular weight is 242 g/mol. The number of para-hydroxylation sites is 1. The lowest BCUT2D eigenvalue weighted by molar-refractivity contribution is 0.300. The Bertz CT molecular complexity index is 538. The summed E-state index contributed by atoms with van der Waals surface area (Å²) in [5.74, 6) is 0. The highest BCUT2D eigenvalue weighted by atomic mass is 16.2. The Balaban J connectivity index is 2.25. The Labute approximate surface area is 107 Å². The maximum atomic E-state index is 9.04. The molecule has 18 heavy (non-hydrogen) atoms. The molecule has 3 heteroatoms. The van der Waals surface area contributed by atoms with Gasteiger partial charge >= 0.3 is 0 Å². The summed E-state index contributed by atoms with van der Waals surface area (Å²) in [7, 11) is 0. The zero-order valence-electron chi connectivity index (χ0n) is 10.5. The van der Waals surface area contributed by atoms with E-state index in [0.717, 1.165) is 28.2 Å². The zero-order chi connectivity index (χ0) is 13.0. The fourth-order valence-corrected chi connectivity index (χ4v) is 1.85. The van der Waals surface area contributed by atoms with Crippen molar-refractivity contribution < 1.29 is 5.11 Å². The number of nitrogens with one attached hydrogen (secondary N) is 1. The smallest absolute Gasteiger partial charge is 0.0472 e. The fraction of sp³-hybridized carbons (Fsp3) is 0.200. The first-order valence-electron chi connectivity index (χ1n) is 6.02. The molecule has 0 saturated carbocycles. The molecule has 0 unspecified atom stereocenters. The quantitative estimate of drug-likeness (QED) is 0.722. The van der Waals surface area contributed by atoms with Crippen molar-refractivity contribution in [3.8, 4) is 0 Å². The van der Waals surface area contributed by atoms with Crippen LogP contribution < -0.4 is 11.1 Å². The van der Waals surface area contributed by atoms with Crippen molar-refractivity contribution in [2.45, 2.75) is 13.3 Å². The summed E-state index contributed by atoms with van der Waals surface area (Å²) in [5, 5.41) is 12.4. The van der Waals surface area contributed by atoms with Crippen LogP contribution in [0.4, 0.5) is 17.1 Å². The minimum Gasteiger partial charge on any atom is -0.398 e. The normalized spacial score (nSPS) is 10.3. The summed E-state index contributed by atoms with van der Waals surface area (Å²) >= 11 is 0. The largest absolute Gasteiger partial charge is 0.398 e. The van der Waals surface area contributed by atoms with Crippen molar-refractivity contribution in [2.75, 3.05) is 17.7 Å². The van der Waals surface area contributed by atoms with Crippen molar-refractivity contribution in [1.82, 2.24) is 0 Å². The molecule has 2 rings (SSSR count). The number of hydrogen-bond acceptors (Lipinski definition) is 3. The molecule has 94 valence electrons. The Hall–Kier alpha value is -2.00. The van der Waals surface area contributed by atoms with Crippen LogP contribution in [0.25, 0.3) is 0 Å². The molecule has 0 saturated heterocycles. The maximum Gasteiger partial charge on any atom is 0.0472 e. The van der Waals surface area contributed by atoms with Crippen LogP contribution in [0.1, 0.15) is 11.1 Å². The van der Waals surface area contributed by atoms with Gasteiger partial charge in [0.2, 0.25) is 0 Å². The van der Waals surface area contributed by atoms with Crippen LogP contribution >= 0.6 is 0 Å². The summed E-state index contributed by atoms with van der Waals surface area (Å²) in [6.45, 7) is 2.13. The topological polar surface area (TPSA) is 58.3 Å². The lowest BCUT2D eigenvalue weighted by Crippen LogP contribution is -1.99. The van der Waals surface area contributed by atoms with Crippen molar-refractivity contribution >= 4 is 17.1 Å². The van der Waals surface area contributed by atoms with E-state index in [-0.39, 0.29) is 6.61 Å². The molecule has 4 N–H and O–H groups in total. The Kier molecular flexibility index (Phi) is 3.85. The summed E-state index contributed by atoms with van der Waals surface area (Å²) in [4.78, 5) is 0. The van der Waals surface area contributed by atoms with Gasteiger partial charge in [-0.05, 0) is 42.7 Å². The molecular weight excluding hydrogens is 224 g/mol. The monoisotopic (exact) mass is 242 g/mol. The minimum absolute atomic E-state index is 0.148. The molecule has 0 bridgehead atoms. The highest BCUT2D eigenvalue weighted by Gasteiger charge is 2.02. The highest BCUT2D eigenvalue weighted by molar-refractivity contribution is 5.67. The lowest BCUT2D eigenvalue weighted by Gasteiger charge is -2.12. The number of anilines is 3. The van der Waals surface area contributed by atoms with E-state index in [1.807, 2.05) is 49.4 Å². The van der Waals surface area contributed by atoms with Gasteiger partial charge in [0.05, 0.1) is 0 Å². The van der Waals surface area contributed by atoms with Crippen molar-refractivity contribution in [3.63, 3.8) is 0 Å². The first-order valence-corrected chi connectivity index (χ1v) is 6.02. The van der Waals surface area contributed by atoms with Gasteiger partial charge in [-0.25, -0.2) is 0 Å². The first-order chi connectivity index (χ1) is 8.70. The van der Waals surface area contributed by atoms with Crippen LogP contribution in [0.15, 0.2) is 42.5 Å². The van der Waals surface area contributed by atoms with Crippen LogP contribution in [-0.2, 0) is 6.42 Å². The molecule has 0 heterocycles. The van der Waals surface area contributed by atoms with Crippen LogP contribution in [0.2, 0.25) is 0 Å². The molecule has 0 radical (unpaired) electrons. The number of aryl methyl sites for hydroxylation is 1. The van der Waals surface area contributed by atoms with Gasteiger partial charge in [-0.15, -0.1) is 0 Å². The van der Waals surface area contributed by atoms with Crippen molar-refractivity contribution in [3.05, 3.63) is 53.6 Å². The van der Waals surface area contributed by atoms with Crippen LogP contribution in [0, 0.1) is 6.92 Å². The molecule has 2 aromatic rings.